The lowest BCUT2D eigenvalue weighted by Gasteiger charge is -2.30. The summed E-state index contributed by atoms with van der Waals surface area (Å²) < 4.78 is 18.5. The van der Waals surface area contributed by atoms with Crippen molar-refractivity contribution < 1.29 is 9.13 Å². The van der Waals surface area contributed by atoms with Gasteiger partial charge in [0.2, 0.25) is 0 Å². The monoisotopic (exact) mass is 223 g/mol. The maximum Gasteiger partial charge on any atom is 0.165 e. The number of methoxy groups -OCH3 is 1. The van der Waals surface area contributed by atoms with Crippen LogP contribution in [0.5, 0.6) is 5.75 Å². The van der Waals surface area contributed by atoms with Gasteiger partial charge in [-0.15, -0.1) is 0 Å². The van der Waals surface area contributed by atoms with E-state index in [9.17, 15) is 4.39 Å². The Bertz CT molecular complexity index is 367. The van der Waals surface area contributed by atoms with Gasteiger partial charge in [-0.2, -0.15) is 0 Å². The first-order chi connectivity index (χ1) is 7.72. The summed E-state index contributed by atoms with van der Waals surface area (Å²) in [4.78, 5) is 0. The number of benzene rings is 1. The highest BCUT2D eigenvalue weighted by Crippen LogP contribution is 2.32. The lowest BCUT2D eigenvalue weighted by Crippen LogP contribution is -2.33. The van der Waals surface area contributed by atoms with E-state index in [1.807, 2.05) is 6.07 Å². The van der Waals surface area contributed by atoms with E-state index in [0.29, 0.717) is 17.6 Å². The Balaban J connectivity index is 2.22. The molecule has 2 rings (SSSR count). The van der Waals surface area contributed by atoms with Crippen molar-refractivity contribution in [1.29, 1.82) is 0 Å². The third-order valence-electron chi connectivity index (χ3n) is 3.39. The van der Waals surface area contributed by atoms with E-state index in [0.717, 1.165) is 25.1 Å². The van der Waals surface area contributed by atoms with Crippen molar-refractivity contribution in [2.75, 3.05) is 20.2 Å². The highest BCUT2D eigenvalue weighted by molar-refractivity contribution is 5.31. The van der Waals surface area contributed by atoms with Gasteiger partial charge in [0.05, 0.1) is 7.11 Å². The predicted octanol–water partition coefficient (Wildman–Crippen LogP) is 2.55. The predicted molar refractivity (Wildman–Crippen MR) is 62.3 cm³/mol. The largest absolute Gasteiger partial charge is 0.494 e. The van der Waals surface area contributed by atoms with E-state index in [2.05, 4.69) is 12.2 Å². The van der Waals surface area contributed by atoms with Gasteiger partial charge < -0.3 is 10.1 Å². The molecule has 0 saturated carbocycles. The summed E-state index contributed by atoms with van der Waals surface area (Å²) in [5.41, 5.74) is 1.09. The van der Waals surface area contributed by atoms with Crippen LogP contribution in [-0.2, 0) is 0 Å². The van der Waals surface area contributed by atoms with Crippen LogP contribution >= 0.6 is 0 Å². The third-order valence-corrected chi connectivity index (χ3v) is 3.39. The van der Waals surface area contributed by atoms with Crippen LogP contribution in [0.25, 0.3) is 0 Å². The summed E-state index contributed by atoms with van der Waals surface area (Å²) in [5.74, 6) is 1.08. The molecule has 1 N–H and O–H groups in total. The van der Waals surface area contributed by atoms with Crippen molar-refractivity contribution in [2.24, 2.45) is 5.92 Å². The van der Waals surface area contributed by atoms with Gasteiger partial charge in [0.25, 0.3) is 0 Å². The SMILES string of the molecule is COc1ccc(C2CCNCC2C)cc1F. The molecule has 0 aliphatic carbocycles. The fourth-order valence-corrected chi connectivity index (χ4v) is 2.42. The van der Waals surface area contributed by atoms with Crippen LogP contribution in [0.2, 0.25) is 0 Å². The van der Waals surface area contributed by atoms with Gasteiger partial charge in [0.1, 0.15) is 0 Å². The number of halogens is 1. The summed E-state index contributed by atoms with van der Waals surface area (Å²) in [7, 11) is 1.49. The summed E-state index contributed by atoms with van der Waals surface area (Å²) in [5, 5.41) is 3.35. The van der Waals surface area contributed by atoms with Crippen molar-refractivity contribution in [3.8, 4) is 5.75 Å². The second kappa shape index (κ2) is 4.83. The molecule has 1 fully saturated rings. The molecule has 1 aromatic carbocycles. The average molecular weight is 223 g/mol. The molecule has 16 heavy (non-hydrogen) atoms. The Hall–Kier alpha value is -1.09. The minimum absolute atomic E-state index is 0.259. The average Bonchev–Trinajstić information content (AvgIpc) is 2.29. The molecule has 88 valence electrons. The number of hydrogen-bond acceptors (Lipinski definition) is 2. The number of rotatable bonds is 2. The van der Waals surface area contributed by atoms with Crippen molar-refractivity contribution in [3.05, 3.63) is 29.6 Å². The molecule has 0 spiro atoms. The second-order valence-corrected chi connectivity index (χ2v) is 4.47. The Kier molecular flexibility index (Phi) is 3.44. The Labute approximate surface area is 95.8 Å². The van der Waals surface area contributed by atoms with Crippen LogP contribution < -0.4 is 10.1 Å². The Morgan fingerprint density at radius 2 is 2.25 bits per heavy atom. The topological polar surface area (TPSA) is 21.3 Å². The van der Waals surface area contributed by atoms with Crippen LogP contribution in [0.1, 0.15) is 24.8 Å². The molecule has 2 unspecified atom stereocenters. The van der Waals surface area contributed by atoms with Gasteiger partial charge in [-0.25, -0.2) is 4.39 Å². The van der Waals surface area contributed by atoms with Gasteiger partial charge in [-0.05, 0) is 49.0 Å². The normalized spacial score (nSPS) is 25.4. The minimum Gasteiger partial charge on any atom is -0.494 e. The molecule has 3 heteroatoms. The maximum atomic E-state index is 13.6. The molecule has 0 aromatic heterocycles. The molecule has 1 aliphatic heterocycles. The van der Waals surface area contributed by atoms with Crippen molar-refractivity contribution in [1.82, 2.24) is 5.32 Å². The van der Waals surface area contributed by atoms with Gasteiger partial charge in [-0.1, -0.05) is 13.0 Å². The molecule has 0 radical (unpaired) electrons. The van der Waals surface area contributed by atoms with Crippen molar-refractivity contribution >= 4 is 0 Å². The van der Waals surface area contributed by atoms with E-state index in [1.54, 1.807) is 12.1 Å². The molecular weight excluding hydrogens is 205 g/mol. The van der Waals surface area contributed by atoms with E-state index >= 15 is 0 Å². The van der Waals surface area contributed by atoms with Gasteiger partial charge in [0.15, 0.2) is 11.6 Å². The standard InChI is InChI=1S/C13H18FNO/c1-9-8-15-6-5-11(9)10-3-4-13(16-2)12(14)7-10/h3-4,7,9,11,15H,5-6,8H2,1-2H3. The molecule has 1 saturated heterocycles. The Morgan fingerprint density at radius 3 is 2.88 bits per heavy atom. The summed E-state index contributed by atoms with van der Waals surface area (Å²) in [6.45, 7) is 4.24. The molecule has 1 aromatic rings. The first-order valence-electron chi connectivity index (χ1n) is 5.76. The van der Waals surface area contributed by atoms with Crippen molar-refractivity contribution in [3.63, 3.8) is 0 Å². The molecule has 2 nitrogen and oxygen atoms in total. The zero-order valence-electron chi connectivity index (χ0n) is 9.79. The first-order valence-corrected chi connectivity index (χ1v) is 5.76. The fourth-order valence-electron chi connectivity index (χ4n) is 2.42. The maximum absolute atomic E-state index is 13.6. The molecule has 0 bridgehead atoms. The molecular formula is C13H18FNO. The second-order valence-electron chi connectivity index (χ2n) is 4.47. The quantitative estimate of drug-likeness (QED) is 0.832. The smallest absolute Gasteiger partial charge is 0.165 e. The van der Waals surface area contributed by atoms with E-state index in [-0.39, 0.29) is 5.82 Å². The van der Waals surface area contributed by atoms with E-state index in [1.165, 1.54) is 7.11 Å². The molecule has 0 amide bonds. The van der Waals surface area contributed by atoms with Crippen LogP contribution in [0.3, 0.4) is 0 Å². The van der Waals surface area contributed by atoms with Gasteiger partial charge >= 0.3 is 0 Å². The summed E-state index contributed by atoms with van der Waals surface area (Å²) in [6.07, 6.45) is 1.08. The molecule has 1 heterocycles. The first kappa shape index (κ1) is 11.4. The van der Waals surface area contributed by atoms with Gasteiger partial charge in [-0.3, -0.25) is 0 Å². The number of nitrogens with one attached hydrogen (secondary N) is 1. The summed E-state index contributed by atoms with van der Waals surface area (Å²) >= 11 is 0. The fraction of sp³-hybridized carbons (Fsp3) is 0.538. The highest BCUT2D eigenvalue weighted by atomic mass is 19.1. The van der Waals surface area contributed by atoms with Gasteiger partial charge in [0, 0.05) is 0 Å². The third kappa shape index (κ3) is 2.19. The minimum atomic E-state index is -0.259. The lowest BCUT2D eigenvalue weighted by atomic mass is 9.82. The van der Waals surface area contributed by atoms with Crippen molar-refractivity contribution in [2.45, 2.75) is 19.3 Å². The lowest BCUT2D eigenvalue weighted by molar-refractivity contribution is 0.346. The number of ether oxygens (including phenoxy) is 1. The number of piperidine rings is 1. The summed E-state index contributed by atoms with van der Waals surface area (Å²) in [6, 6.07) is 5.32. The molecule has 1 aliphatic rings. The Morgan fingerprint density at radius 1 is 1.44 bits per heavy atom. The van der Waals surface area contributed by atoms with Crippen LogP contribution in [0, 0.1) is 11.7 Å². The number of hydrogen-bond donors (Lipinski definition) is 1. The zero-order valence-corrected chi connectivity index (χ0v) is 9.79. The van der Waals surface area contributed by atoms with Crippen LogP contribution in [0.4, 0.5) is 4.39 Å². The molecule has 2 atom stereocenters. The highest BCUT2D eigenvalue weighted by Gasteiger charge is 2.23. The van der Waals surface area contributed by atoms with E-state index < -0.39 is 0 Å². The zero-order chi connectivity index (χ0) is 11.5. The van der Waals surface area contributed by atoms with Crippen LogP contribution in [0.15, 0.2) is 18.2 Å². The van der Waals surface area contributed by atoms with E-state index in [4.69, 9.17) is 4.74 Å². The van der Waals surface area contributed by atoms with Crippen LogP contribution in [-0.4, -0.2) is 20.2 Å².